The summed E-state index contributed by atoms with van der Waals surface area (Å²) >= 11 is 0. The summed E-state index contributed by atoms with van der Waals surface area (Å²) in [5.74, 6) is -0.270. The molecule has 6 nitrogen and oxygen atoms in total. The lowest BCUT2D eigenvalue weighted by Crippen LogP contribution is -2.26. The van der Waals surface area contributed by atoms with E-state index in [1.54, 1.807) is 4.57 Å². The maximum Gasteiger partial charge on any atom is 0.223 e. The number of hydrogen-bond donors (Lipinski definition) is 3. The minimum atomic E-state index is -0.474. The first-order valence-electron chi connectivity index (χ1n) is 7.39. The zero-order valence-electron chi connectivity index (χ0n) is 12.9. The molecule has 6 heteroatoms. The quantitative estimate of drug-likeness (QED) is 0.623. The fraction of sp³-hybridized carbons (Fsp3) is 0.667. The lowest BCUT2D eigenvalue weighted by atomic mass is 10.2. The second-order valence-corrected chi connectivity index (χ2v) is 5.27. The summed E-state index contributed by atoms with van der Waals surface area (Å²) < 4.78 is 1.73. The second-order valence-electron chi connectivity index (χ2n) is 5.27. The van der Waals surface area contributed by atoms with E-state index in [0.29, 0.717) is 30.9 Å². The largest absolute Gasteiger partial charge is 0.503 e. The van der Waals surface area contributed by atoms with E-state index in [1.165, 1.54) is 6.07 Å². The summed E-state index contributed by atoms with van der Waals surface area (Å²) in [7, 11) is 1.93. The van der Waals surface area contributed by atoms with Gasteiger partial charge in [-0.2, -0.15) is 0 Å². The predicted molar refractivity (Wildman–Crippen MR) is 81.2 cm³/mol. The molecule has 0 fully saturated rings. The first-order valence-corrected chi connectivity index (χ1v) is 7.39. The molecule has 1 aromatic rings. The highest BCUT2D eigenvalue weighted by Crippen LogP contribution is 2.17. The van der Waals surface area contributed by atoms with Crippen molar-refractivity contribution in [2.45, 2.75) is 45.9 Å². The van der Waals surface area contributed by atoms with Crippen molar-refractivity contribution in [2.75, 3.05) is 20.2 Å². The van der Waals surface area contributed by atoms with Crippen molar-refractivity contribution in [3.05, 3.63) is 27.7 Å². The highest BCUT2D eigenvalue weighted by Gasteiger charge is 2.16. The molecule has 0 aliphatic rings. The van der Waals surface area contributed by atoms with Gasteiger partial charge in [0.25, 0.3) is 0 Å². The van der Waals surface area contributed by atoms with Gasteiger partial charge in [0.1, 0.15) is 0 Å². The van der Waals surface area contributed by atoms with E-state index in [9.17, 15) is 15.0 Å². The monoisotopic (exact) mass is 298 g/mol. The average molecular weight is 298 g/mol. The molecule has 0 aromatic carbocycles. The molecule has 0 bridgehead atoms. The molecule has 0 aliphatic heterocycles. The number of pyridine rings is 1. The van der Waals surface area contributed by atoms with E-state index >= 15 is 0 Å². The van der Waals surface area contributed by atoms with Crippen molar-refractivity contribution >= 4 is 0 Å². The molecule has 0 spiro atoms. The lowest BCUT2D eigenvalue weighted by molar-refractivity contribution is 0.248. The van der Waals surface area contributed by atoms with Gasteiger partial charge in [-0.1, -0.05) is 13.3 Å². The van der Waals surface area contributed by atoms with Crippen LogP contribution in [0.4, 0.5) is 0 Å². The normalized spacial score (nSPS) is 11.3. The van der Waals surface area contributed by atoms with E-state index < -0.39 is 5.43 Å². The second kappa shape index (κ2) is 8.81. The summed E-state index contributed by atoms with van der Waals surface area (Å²) in [6.45, 7) is 3.61. The molecular formula is C15H26N2O4. The van der Waals surface area contributed by atoms with Gasteiger partial charge >= 0.3 is 0 Å². The topological polar surface area (TPSA) is 85.9 Å². The summed E-state index contributed by atoms with van der Waals surface area (Å²) in [5.41, 5.74) is 0.488. The minimum Gasteiger partial charge on any atom is -0.503 e. The Balaban J connectivity index is 3.12. The standard InChI is InChI=1S/C15H26N2O4/c1-3-4-6-16(2)10-13-15(21)14(20)9-12(11-19)17(13)7-5-8-18/h9,18-19,21H,3-8,10-11H2,1-2H3. The van der Waals surface area contributed by atoms with E-state index in [2.05, 4.69) is 6.92 Å². The highest BCUT2D eigenvalue weighted by molar-refractivity contribution is 5.30. The fourth-order valence-electron chi connectivity index (χ4n) is 2.30. The number of unbranched alkanes of at least 4 members (excludes halogenated alkanes) is 1. The molecule has 3 N–H and O–H groups in total. The molecule has 1 aromatic heterocycles. The maximum absolute atomic E-state index is 11.8. The third-order valence-electron chi connectivity index (χ3n) is 3.49. The fourth-order valence-corrected chi connectivity index (χ4v) is 2.30. The Labute approximate surface area is 125 Å². The summed E-state index contributed by atoms with van der Waals surface area (Å²) in [5, 5.41) is 28.5. The van der Waals surface area contributed by atoms with Gasteiger partial charge in [-0.25, -0.2) is 0 Å². The van der Waals surface area contributed by atoms with Crippen LogP contribution < -0.4 is 5.43 Å². The average Bonchev–Trinajstić information content (AvgIpc) is 2.48. The summed E-state index contributed by atoms with van der Waals surface area (Å²) in [6.07, 6.45) is 2.61. The summed E-state index contributed by atoms with van der Waals surface area (Å²) in [6, 6.07) is 1.25. The van der Waals surface area contributed by atoms with Crippen LogP contribution in [0, 0.1) is 0 Å². The van der Waals surface area contributed by atoms with Gasteiger partial charge in [-0.15, -0.1) is 0 Å². The molecule has 0 aliphatic carbocycles. The minimum absolute atomic E-state index is 0.0167. The Bertz CT molecular complexity index is 499. The van der Waals surface area contributed by atoms with Crippen LogP contribution in [0.2, 0.25) is 0 Å². The number of nitrogens with zero attached hydrogens (tertiary/aromatic N) is 2. The van der Waals surface area contributed by atoms with Crippen molar-refractivity contribution in [1.29, 1.82) is 0 Å². The van der Waals surface area contributed by atoms with Crippen molar-refractivity contribution in [3.8, 4) is 5.75 Å². The van der Waals surface area contributed by atoms with E-state index in [-0.39, 0.29) is 19.0 Å². The van der Waals surface area contributed by atoms with Crippen LogP contribution in [-0.2, 0) is 19.7 Å². The first kappa shape index (κ1) is 17.7. The van der Waals surface area contributed by atoms with E-state index in [0.717, 1.165) is 19.4 Å². The lowest BCUT2D eigenvalue weighted by Gasteiger charge is -2.23. The maximum atomic E-state index is 11.8. The molecular weight excluding hydrogens is 272 g/mol. The predicted octanol–water partition coefficient (Wildman–Crippen LogP) is 0.661. The van der Waals surface area contributed by atoms with Gasteiger partial charge < -0.3 is 24.8 Å². The van der Waals surface area contributed by atoms with Crippen LogP contribution in [0.15, 0.2) is 10.9 Å². The smallest absolute Gasteiger partial charge is 0.223 e. The molecule has 1 heterocycles. The zero-order valence-corrected chi connectivity index (χ0v) is 12.9. The van der Waals surface area contributed by atoms with Crippen molar-refractivity contribution in [1.82, 2.24) is 9.47 Å². The first-order chi connectivity index (χ1) is 10.0. The van der Waals surface area contributed by atoms with Gasteiger partial charge in [-0.05, 0) is 26.4 Å². The van der Waals surface area contributed by atoms with Gasteiger partial charge in [0, 0.05) is 31.5 Å². The van der Waals surface area contributed by atoms with Crippen molar-refractivity contribution in [2.24, 2.45) is 0 Å². The molecule has 0 radical (unpaired) electrons. The van der Waals surface area contributed by atoms with Crippen LogP contribution in [0.25, 0.3) is 0 Å². The molecule has 0 saturated heterocycles. The van der Waals surface area contributed by atoms with Gasteiger partial charge in [0.05, 0.1) is 12.3 Å². The van der Waals surface area contributed by atoms with E-state index in [4.69, 9.17) is 5.11 Å². The van der Waals surface area contributed by atoms with Crippen LogP contribution in [0.5, 0.6) is 5.75 Å². The molecule has 0 saturated carbocycles. The number of aliphatic hydroxyl groups excluding tert-OH is 2. The third kappa shape index (κ3) is 4.84. The van der Waals surface area contributed by atoms with Crippen LogP contribution in [0.3, 0.4) is 0 Å². The van der Waals surface area contributed by atoms with Crippen molar-refractivity contribution in [3.63, 3.8) is 0 Å². The van der Waals surface area contributed by atoms with Crippen LogP contribution in [0.1, 0.15) is 37.6 Å². The Morgan fingerprint density at radius 1 is 1.29 bits per heavy atom. The SMILES string of the molecule is CCCCN(C)Cc1c(O)c(=O)cc(CO)n1CCCO. The number of hydrogen-bond acceptors (Lipinski definition) is 5. The molecule has 21 heavy (non-hydrogen) atoms. The van der Waals surface area contributed by atoms with Crippen LogP contribution in [-0.4, -0.2) is 45.0 Å². The van der Waals surface area contributed by atoms with Gasteiger partial charge in [0.15, 0.2) is 5.75 Å². The third-order valence-corrected chi connectivity index (χ3v) is 3.49. The van der Waals surface area contributed by atoms with Gasteiger partial charge in [-0.3, -0.25) is 4.79 Å². The Morgan fingerprint density at radius 3 is 2.57 bits per heavy atom. The van der Waals surface area contributed by atoms with Crippen molar-refractivity contribution < 1.29 is 15.3 Å². The molecule has 0 unspecified atom stereocenters. The molecule has 120 valence electrons. The highest BCUT2D eigenvalue weighted by atomic mass is 16.3. The van der Waals surface area contributed by atoms with Crippen LogP contribution >= 0.6 is 0 Å². The number of aliphatic hydroxyl groups is 2. The summed E-state index contributed by atoms with van der Waals surface area (Å²) in [4.78, 5) is 13.8. The zero-order chi connectivity index (χ0) is 15.8. The molecule has 1 rings (SSSR count). The number of aromatic hydroxyl groups is 1. The number of aromatic nitrogens is 1. The van der Waals surface area contributed by atoms with E-state index in [1.807, 2.05) is 11.9 Å². The Kier molecular flexibility index (Phi) is 7.42. The number of rotatable bonds is 9. The Morgan fingerprint density at radius 2 is 2.00 bits per heavy atom. The molecule has 0 amide bonds. The van der Waals surface area contributed by atoms with Gasteiger partial charge in [0.2, 0.25) is 5.43 Å². The molecule has 0 atom stereocenters. The Hall–Kier alpha value is -1.37.